The number of hydrogen-bond donors (Lipinski definition) is 1. The minimum absolute atomic E-state index is 0.0329. The molecule has 7 heteroatoms. The number of carbonyl (C=O) groups is 1. The highest BCUT2D eigenvalue weighted by Gasteiger charge is 2.25. The Labute approximate surface area is 160 Å². The summed E-state index contributed by atoms with van der Waals surface area (Å²) in [5, 5.41) is 0. The Morgan fingerprint density at radius 2 is 1.96 bits per heavy atom. The molecule has 1 atom stereocenters. The summed E-state index contributed by atoms with van der Waals surface area (Å²) in [6.45, 7) is 3.97. The maximum absolute atomic E-state index is 12.9. The van der Waals surface area contributed by atoms with Crippen LogP contribution in [0, 0.1) is 0 Å². The monoisotopic (exact) mass is 388 g/mol. The molecule has 1 heterocycles. The van der Waals surface area contributed by atoms with Gasteiger partial charge in [0.2, 0.25) is 15.9 Å². The zero-order valence-corrected chi connectivity index (χ0v) is 16.5. The summed E-state index contributed by atoms with van der Waals surface area (Å²) < 4.78 is 33.8. The van der Waals surface area contributed by atoms with Gasteiger partial charge in [-0.15, -0.1) is 0 Å². The molecule has 2 aromatic rings. The van der Waals surface area contributed by atoms with Gasteiger partial charge in [-0.3, -0.25) is 4.79 Å². The molecule has 1 aliphatic heterocycles. The van der Waals surface area contributed by atoms with Crippen LogP contribution in [-0.2, 0) is 21.2 Å². The number of hydrogen-bond acceptors (Lipinski definition) is 4. The van der Waals surface area contributed by atoms with E-state index in [1.165, 1.54) is 6.92 Å². The number of benzene rings is 2. The third-order valence-electron chi connectivity index (χ3n) is 4.80. The largest absolute Gasteiger partial charge is 0.496 e. The molecule has 1 N–H and O–H groups in total. The molecule has 0 unspecified atom stereocenters. The number of nitrogens with one attached hydrogen (secondary N) is 1. The second-order valence-electron chi connectivity index (χ2n) is 6.65. The molecule has 27 heavy (non-hydrogen) atoms. The quantitative estimate of drug-likeness (QED) is 0.854. The van der Waals surface area contributed by atoms with Crippen LogP contribution in [0.3, 0.4) is 0 Å². The molecule has 1 amide bonds. The van der Waals surface area contributed by atoms with Gasteiger partial charge in [-0.1, -0.05) is 18.2 Å². The van der Waals surface area contributed by atoms with Crippen molar-refractivity contribution in [2.45, 2.75) is 37.6 Å². The van der Waals surface area contributed by atoms with Crippen molar-refractivity contribution in [1.29, 1.82) is 0 Å². The molecule has 0 radical (unpaired) electrons. The highest BCUT2D eigenvalue weighted by Crippen LogP contribution is 2.31. The minimum Gasteiger partial charge on any atom is -0.496 e. The second kappa shape index (κ2) is 7.70. The maximum Gasteiger partial charge on any atom is 0.241 e. The molecule has 0 fully saturated rings. The Hall–Kier alpha value is -2.38. The summed E-state index contributed by atoms with van der Waals surface area (Å²) in [7, 11) is -2.15. The normalized spacial score (nSPS) is 15.1. The molecule has 6 nitrogen and oxygen atoms in total. The van der Waals surface area contributed by atoms with Crippen molar-refractivity contribution in [2.24, 2.45) is 0 Å². The molecular weight excluding hydrogens is 364 g/mol. The number of para-hydroxylation sites is 1. The molecule has 0 saturated carbocycles. The molecule has 1 aliphatic rings. The van der Waals surface area contributed by atoms with Crippen LogP contribution in [0.25, 0.3) is 0 Å². The molecule has 0 aliphatic carbocycles. The Morgan fingerprint density at radius 3 is 2.67 bits per heavy atom. The van der Waals surface area contributed by atoms with Gasteiger partial charge in [0, 0.05) is 30.8 Å². The van der Waals surface area contributed by atoms with Gasteiger partial charge in [0.05, 0.1) is 12.0 Å². The van der Waals surface area contributed by atoms with E-state index >= 15 is 0 Å². The van der Waals surface area contributed by atoms with E-state index in [9.17, 15) is 13.2 Å². The first-order chi connectivity index (χ1) is 12.8. The number of amides is 1. The highest BCUT2D eigenvalue weighted by molar-refractivity contribution is 7.89. The fraction of sp³-hybridized carbons (Fsp3) is 0.350. The van der Waals surface area contributed by atoms with Crippen LogP contribution in [0.15, 0.2) is 47.4 Å². The van der Waals surface area contributed by atoms with Crippen molar-refractivity contribution in [3.05, 3.63) is 53.6 Å². The number of aryl methyl sites for hydroxylation is 1. The molecule has 0 bridgehead atoms. The molecule has 3 rings (SSSR count). The SMILES string of the molecule is COc1ccccc1[C@H](C)NS(=O)(=O)c1ccc2c(c1)CCCN2C(C)=O. The Morgan fingerprint density at radius 1 is 1.22 bits per heavy atom. The van der Waals surface area contributed by atoms with Crippen LogP contribution in [-0.4, -0.2) is 28.0 Å². The van der Waals surface area contributed by atoms with Crippen molar-refractivity contribution >= 4 is 21.6 Å². The van der Waals surface area contributed by atoms with Crippen molar-refractivity contribution in [1.82, 2.24) is 4.72 Å². The molecule has 144 valence electrons. The molecule has 2 aromatic carbocycles. The van der Waals surface area contributed by atoms with Crippen LogP contribution in [0.4, 0.5) is 5.69 Å². The van der Waals surface area contributed by atoms with Crippen molar-refractivity contribution < 1.29 is 17.9 Å². The lowest BCUT2D eigenvalue weighted by atomic mass is 10.0. The molecule has 0 spiro atoms. The number of rotatable bonds is 5. The number of carbonyl (C=O) groups excluding carboxylic acids is 1. The van der Waals surface area contributed by atoms with E-state index in [4.69, 9.17) is 4.74 Å². The fourth-order valence-corrected chi connectivity index (χ4v) is 4.73. The van der Waals surface area contributed by atoms with Gasteiger partial charge >= 0.3 is 0 Å². The summed E-state index contributed by atoms with van der Waals surface area (Å²) in [5.41, 5.74) is 2.44. The van der Waals surface area contributed by atoms with Crippen LogP contribution in [0.2, 0.25) is 0 Å². The number of methoxy groups -OCH3 is 1. The third kappa shape index (κ3) is 3.99. The predicted molar refractivity (Wildman–Crippen MR) is 105 cm³/mol. The number of fused-ring (bicyclic) bond motifs is 1. The molecule has 0 aromatic heterocycles. The number of sulfonamides is 1. The molecule has 0 saturated heterocycles. The Bertz CT molecular complexity index is 956. The second-order valence-corrected chi connectivity index (χ2v) is 8.36. The summed E-state index contributed by atoms with van der Waals surface area (Å²) >= 11 is 0. The van der Waals surface area contributed by atoms with E-state index in [0.717, 1.165) is 29.7 Å². The predicted octanol–water partition coefficient (Wildman–Crippen LogP) is 3.03. The smallest absolute Gasteiger partial charge is 0.241 e. The van der Waals surface area contributed by atoms with E-state index in [0.29, 0.717) is 12.3 Å². The lowest BCUT2D eigenvalue weighted by Crippen LogP contribution is -2.34. The lowest BCUT2D eigenvalue weighted by Gasteiger charge is -2.29. The van der Waals surface area contributed by atoms with Gasteiger partial charge in [0.25, 0.3) is 0 Å². The Kier molecular flexibility index (Phi) is 5.53. The number of anilines is 1. The average molecular weight is 388 g/mol. The minimum atomic E-state index is -3.71. The summed E-state index contributed by atoms with van der Waals surface area (Å²) in [6, 6.07) is 11.8. The summed E-state index contributed by atoms with van der Waals surface area (Å²) in [5.74, 6) is 0.602. The fourth-order valence-electron chi connectivity index (χ4n) is 3.46. The van der Waals surface area contributed by atoms with Crippen LogP contribution in [0.5, 0.6) is 5.75 Å². The zero-order chi connectivity index (χ0) is 19.6. The Balaban J connectivity index is 1.88. The third-order valence-corrected chi connectivity index (χ3v) is 6.34. The van der Waals surface area contributed by atoms with Gasteiger partial charge < -0.3 is 9.64 Å². The van der Waals surface area contributed by atoms with Gasteiger partial charge in [-0.25, -0.2) is 13.1 Å². The van der Waals surface area contributed by atoms with Crippen LogP contribution >= 0.6 is 0 Å². The topological polar surface area (TPSA) is 75.7 Å². The molecular formula is C20H24N2O4S. The number of nitrogens with zero attached hydrogens (tertiary/aromatic N) is 1. The standard InChI is InChI=1S/C20H24N2O4S/c1-14(18-8-4-5-9-20(18)26-3)21-27(24,25)17-10-11-19-16(13-17)7-6-12-22(19)15(2)23/h4-5,8-11,13-14,21H,6-7,12H2,1-3H3/t14-/m0/s1. The highest BCUT2D eigenvalue weighted by atomic mass is 32.2. The maximum atomic E-state index is 12.9. The summed E-state index contributed by atoms with van der Waals surface area (Å²) in [6.07, 6.45) is 1.58. The van der Waals surface area contributed by atoms with Crippen LogP contribution in [0.1, 0.15) is 37.4 Å². The van der Waals surface area contributed by atoms with Crippen molar-refractivity contribution in [2.75, 3.05) is 18.6 Å². The average Bonchev–Trinajstić information content (AvgIpc) is 2.66. The van der Waals surface area contributed by atoms with E-state index in [1.54, 1.807) is 43.2 Å². The van der Waals surface area contributed by atoms with E-state index in [1.807, 2.05) is 18.2 Å². The van der Waals surface area contributed by atoms with E-state index < -0.39 is 16.1 Å². The van der Waals surface area contributed by atoms with Gasteiger partial charge in [-0.05, 0) is 49.6 Å². The lowest BCUT2D eigenvalue weighted by molar-refractivity contribution is -0.116. The van der Waals surface area contributed by atoms with E-state index in [2.05, 4.69) is 4.72 Å². The first kappa shape index (κ1) is 19.4. The van der Waals surface area contributed by atoms with Gasteiger partial charge in [-0.2, -0.15) is 0 Å². The summed E-state index contributed by atoms with van der Waals surface area (Å²) in [4.78, 5) is 13.7. The van der Waals surface area contributed by atoms with E-state index in [-0.39, 0.29) is 10.8 Å². The van der Waals surface area contributed by atoms with Gasteiger partial charge in [0.15, 0.2) is 0 Å². The van der Waals surface area contributed by atoms with Gasteiger partial charge in [0.1, 0.15) is 5.75 Å². The van der Waals surface area contributed by atoms with Crippen LogP contribution < -0.4 is 14.4 Å². The van der Waals surface area contributed by atoms with Crippen molar-refractivity contribution in [3.63, 3.8) is 0 Å². The first-order valence-electron chi connectivity index (χ1n) is 8.90. The first-order valence-corrected chi connectivity index (χ1v) is 10.4. The van der Waals surface area contributed by atoms with Crippen molar-refractivity contribution in [3.8, 4) is 5.75 Å². The number of ether oxygens (including phenoxy) is 1. The zero-order valence-electron chi connectivity index (χ0n) is 15.7.